The van der Waals surface area contributed by atoms with Crippen molar-refractivity contribution in [2.24, 2.45) is 11.1 Å². The van der Waals surface area contributed by atoms with Crippen LogP contribution in [0.4, 0.5) is 10.2 Å². The zero-order chi connectivity index (χ0) is 46.4. The highest BCUT2D eigenvalue weighted by molar-refractivity contribution is 8.13. The highest BCUT2D eigenvalue weighted by Gasteiger charge is 2.50. The Bertz CT molecular complexity index is 2380. The molecule has 1 saturated heterocycles. The summed E-state index contributed by atoms with van der Waals surface area (Å²) in [4.78, 5) is 113. The highest BCUT2D eigenvalue weighted by atomic mass is 32.2. The van der Waals surface area contributed by atoms with E-state index in [4.69, 9.17) is 25.3 Å². The van der Waals surface area contributed by atoms with Gasteiger partial charge < -0.3 is 56.6 Å². The first-order chi connectivity index (χ1) is 28.7. The van der Waals surface area contributed by atoms with Crippen molar-refractivity contribution in [1.82, 2.24) is 39.7 Å². The molecule has 0 saturated carbocycles. The Labute approximate surface area is 351 Å². The molecule has 8 atom stereocenters. The van der Waals surface area contributed by atoms with E-state index in [1.807, 2.05) is 0 Å². The van der Waals surface area contributed by atoms with Crippen LogP contribution in [0.5, 0.6) is 0 Å². The maximum atomic E-state index is 13.5. The Balaban J connectivity index is 1.20. The first-order valence-corrected chi connectivity index (χ1v) is 23.0. The second-order valence-corrected chi connectivity index (χ2v) is 19.1. The number of carbonyl (C=O) groups excluding carboxylic acids is 3. The minimum Gasteiger partial charge on any atom is -0.386 e. The Hall–Kier alpha value is -3.87. The van der Waals surface area contributed by atoms with E-state index in [0.29, 0.717) is 18.0 Å². The van der Waals surface area contributed by atoms with Crippen molar-refractivity contribution in [3.63, 3.8) is 0 Å². The number of halogens is 1. The molecule has 1 fully saturated rings. The summed E-state index contributed by atoms with van der Waals surface area (Å²) < 4.78 is 76.2. The molecule has 3 aromatic rings. The number of ether oxygens (including phenoxy) is 1. The predicted molar refractivity (Wildman–Crippen MR) is 206 cm³/mol. The number of H-pyrrole nitrogens is 1. The van der Waals surface area contributed by atoms with Gasteiger partial charge in [0.15, 0.2) is 17.7 Å². The van der Waals surface area contributed by atoms with Crippen molar-refractivity contribution >= 4 is 69.1 Å². The molecule has 8 unspecified atom stereocenters. The van der Waals surface area contributed by atoms with Crippen LogP contribution in [0.15, 0.2) is 28.4 Å². The lowest BCUT2D eigenvalue weighted by Crippen LogP contribution is -2.46. The monoisotopic (exact) mass is 966 g/mol. The standard InChI is InChI=1S/C28H42FN10O19P3S/c1-28(2,20(42)24(44)33-4-3-16(40)32-5-6-62-26(45)14(30)8-38-7-13(29)23(43)37-27(38)46)10-55-61(52,53)58-60(50,51)54-9-15-19(57-59(47,48)49)18(41)25(56-15)39-12-36-17-21(31)34-11-35-22(17)39/h7,11-12,14-15,18-20,25,41-42H,3-6,8-10,30H2,1-2H3,(H,32,40)(H,33,44)(H,50,51)(H,52,53)(H2,31,34,35)(H,37,43,46)(H2,47,48,49). The van der Waals surface area contributed by atoms with Crippen LogP contribution in [0.25, 0.3) is 11.2 Å². The Morgan fingerprint density at radius 1 is 1.08 bits per heavy atom. The number of nitrogen functional groups attached to an aromatic ring is 1. The van der Waals surface area contributed by atoms with E-state index >= 15 is 0 Å². The van der Waals surface area contributed by atoms with Crippen molar-refractivity contribution in [1.29, 1.82) is 0 Å². The lowest BCUT2D eigenvalue weighted by Gasteiger charge is -2.30. The molecule has 34 heteroatoms. The van der Waals surface area contributed by atoms with Gasteiger partial charge in [-0.25, -0.2) is 33.4 Å². The molecular weight excluding hydrogens is 924 g/mol. The van der Waals surface area contributed by atoms with Crippen molar-refractivity contribution < 1.29 is 84.9 Å². The van der Waals surface area contributed by atoms with Gasteiger partial charge in [0.1, 0.15) is 36.3 Å². The van der Waals surface area contributed by atoms with E-state index in [2.05, 4.69) is 34.4 Å². The zero-order valence-electron chi connectivity index (χ0n) is 32.2. The minimum absolute atomic E-state index is 0.00804. The number of imidazole rings is 1. The Morgan fingerprint density at radius 2 is 1.76 bits per heavy atom. The maximum Gasteiger partial charge on any atom is 0.481 e. The maximum absolute atomic E-state index is 13.5. The average molecular weight is 967 g/mol. The van der Waals surface area contributed by atoms with E-state index in [0.717, 1.165) is 21.8 Å². The third-order valence-electron chi connectivity index (χ3n) is 8.41. The fourth-order valence-corrected chi connectivity index (χ4v) is 8.82. The van der Waals surface area contributed by atoms with Gasteiger partial charge in [-0.3, -0.25) is 46.9 Å². The smallest absolute Gasteiger partial charge is 0.386 e. The van der Waals surface area contributed by atoms with Crippen LogP contribution in [0.1, 0.15) is 26.5 Å². The van der Waals surface area contributed by atoms with Crippen molar-refractivity contribution in [3.8, 4) is 0 Å². The molecule has 4 heterocycles. The van der Waals surface area contributed by atoms with Crippen molar-refractivity contribution in [3.05, 3.63) is 45.5 Å². The second-order valence-electron chi connectivity index (χ2n) is 13.7. The summed E-state index contributed by atoms with van der Waals surface area (Å²) in [6.07, 6.45) is -6.67. The highest BCUT2D eigenvalue weighted by Crippen LogP contribution is 2.61. The van der Waals surface area contributed by atoms with Gasteiger partial charge in [0, 0.05) is 30.7 Å². The number of fused-ring (bicyclic) bond motifs is 1. The van der Waals surface area contributed by atoms with Gasteiger partial charge in [-0.1, -0.05) is 25.6 Å². The topological polar surface area (TPSA) is 445 Å². The summed E-state index contributed by atoms with van der Waals surface area (Å²) in [6.45, 7) is -0.485. The third kappa shape index (κ3) is 14.1. The molecule has 0 aliphatic carbocycles. The van der Waals surface area contributed by atoms with Crippen LogP contribution < -0.4 is 33.3 Å². The molecule has 0 bridgehead atoms. The van der Waals surface area contributed by atoms with Crippen LogP contribution in [-0.2, 0) is 57.2 Å². The van der Waals surface area contributed by atoms with Gasteiger partial charge in [0.25, 0.3) is 5.56 Å². The number of aromatic nitrogens is 6. The number of nitrogens with zero attached hydrogens (tertiary/aromatic N) is 5. The van der Waals surface area contributed by atoms with Crippen molar-refractivity contribution in [2.45, 2.75) is 63.5 Å². The second kappa shape index (κ2) is 20.8. The molecular formula is C28H42FN10O19P3S. The Morgan fingerprint density at radius 3 is 2.44 bits per heavy atom. The minimum atomic E-state index is -5.62. The van der Waals surface area contributed by atoms with Crippen LogP contribution in [0.2, 0.25) is 0 Å². The number of aromatic amines is 1. The van der Waals surface area contributed by atoms with Gasteiger partial charge in [-0.05, 0) is 0 Å². The lowest BCUT2D eigenvalue weighted by atomic mass is 9.87. The number of nitrogens with two attached hydrogens (primary N) is 2. The van der Waals surface area contributed by atoms with E-state index in [-0.39, 0.29) is 42.2 Å². The number of anilines is 1. The van der Waals surface area contributed by atoms with E-state index in [1.54, 1.807) is 4.98 Å². The Kier molecular flexibility index (Phi) is 17.0. The van der Waals surface area contributed by atoms with Crippen LogP contribution >= 0.6 is 35.2 Å². The molecule has 1 aliphatic rings. The number of hydrogen-bond acceptors (Lipinski definition) is 21. The SMILES string of the molecule is CC(C)(COP(=O)(O)OP(=O)(O)OCC1OC(n2cnc3c(N)ncnc32)C(O)C1OP(=O)(O)O)C(O)C(=O)NCCC(=O)NCCSC(=O)C(N)Cn1cc(F)c(=O)[nH]c1=O. The van der Waals surface area contributed by atoms with Gasteiger partial charge in [0.05, 0.1) is 38.3 Å². The molecule has 0 aromatic carbocycles. The molecule has 1 aliphatic heterocycles. The number of hydrogen-bond donors (Lipinski definition) is 11. The lowest BCUT2D eigenvalue weighted by molar-refractivity contribution is -0.137. The molecule has 0 spiro atoms. The molecule has 62 heavy (non-hydrogen) atoms. The number of phosphoric acid groups is 3. The number of aliphatic hydroxyl groups is 2. The number of amides is 2. The number of rotatable bonds is 22. The molecule has 3 aromatic heterocycles. The van der Waals surface area contributed by atoms with E-state index in [9.17, 15) is 71.8 Å². The number of thioether (sulfide) groups is 1. The summed E-state index contributed by atoms with van der Waals surface area (Å²) >= 11 is 0.705. The summed E-state index contributed by atoms with van der Waals surface area (Å²) in [5.74, 6) is -2.92. The van der Waals surface area contributed by atoms with Gasteiger partial charge in [-0.15, -0.1) is 0 Å². The first kappa shape index (κ1) is 50.8. The van der Waals surface area contributed by atoms with E-state index < -0.39 is 119 Å². The summed E-state index contributed by atoms with van der Waals surface area (Å²) in [5, 5.41) is 25.6. The van der Waals surface area contributed by atoms with E-state index in [1.165, 1.54) is 13.8 Å². The normalized spacial score (nSPS) is 21.2. The van der Waals surface area contributed by atoms with Crippen molar-refractivity contribution in [2.75, 3.05) is 37.8 Å². The molecule has 346 valence electrons. The fourth-order valence-electron chi connectivity index (χ4n) is 5.29. The summed E-state index contributed by atoms with van der Waals surface area (Å²) in [6, 6.07) is -1.25. The first-order valence-electron chi connectivity index (χ1n) is 17.5. The van der Waals surface area contributed by atoms with Crippen LogP contribution in [0.3, 0.4) is 0 Å². The predicted octanol–water partition coefficient (Wildman–Crippen LogP) is -3.32. The quantitative estimate of drug-likeness (QED) is 0.0347. The summed E-state index contributed by atoms with van der Waals surface area (Å²) in [7, 11) is -16.5. The largest absolute Gasteiger partial charge is 0.481 e. The van der Waals surface area contributed by atoms with Gasteiger partial charge >= 0.3 is 29.2 Å². The molecule has 29 nitrogen and oxygen atoms in total. The van der Waals surface area contributed by atoms with Crippen LogP contribution in [-0.4, -0.2) is 138 Å². The number of phosphoric ester groups is 3. The molecule has 2 amide bonds. The zero-order valence-corrected chi connectivity index (χ0v) is 35.7. The number of carbonyl (C=O) groups is 3. The fraction of sp³-hybridized carbons (Fsp3) is 0.571. The van der Waals surface area contributed by atoms with Gasteiger partial charge in [0.2, 0.25) is 22.7 Å². The van der Waals surface area contributed by atoms with Gasteiger partial charge in [-0.2, -0.15) is 8.70 Å². The summed E-state index contributed by atoms with van der Waals surface area (Å²) in [5.41, 5.74) is 7.69. The van der Waals surface area contributed by atoms with Crippen LogP contribution in [0, 0.1) is 11.2 Å². The number of aliphatic hydroxyl groups excluding tert-OH is 2. The number of nitrogens with one attached hydrogen (secondary N) is 3. The molecule has 0 radical (unpaired) electrons. The average Bonchev–Trinajstić information content (AvgIpc) is 3.73. The molecule has 13 N–H and O–H groups in total. The third-order valence-corrected chi connectivity index (χ3v) is 12.5. The molecule has 4 rings (SSSR count).